The van der Waals surface area contributed by atoms with Crippen molar-refractivity contribution in [2.75, 3.05) is 5.75 Å². The van der Waals surface area contributed by atoms with E-state index >= 15 is 0 Å². The van der Waals surface area contributed by atoms with Gasteiger partial charge in [0.1, 0.15) is 6.10 Å². The van der Waals surface area contributed by atoms with Gasteiger partial charge in [-0.25, -0.2) is 0 Å². The molecule has 0 amide bonds. The summed E-state index contributed by atoms with van der Waals surface area (Å²) in [5.41, 5.74) is 2.09. The first-order chi connectivity index (χ1) is 8.16. The number of aryl methyl sites for hydroxylation is 2. The Morgan fingerprint density at radius 1 is 1.41 bits per heavy atom. The molecular weight excluding hydrogens is 232 g/mol. The van der Waals surface area contributed by atoms with Gasteiger partial charge in [0.15, 0.2) is 0 Å². The first kappa shape index (κ1) is 12.2. The van der Waals surface area contributed by atoms with E-state index in [1.54, 1.807) is 22.6 Å². The summed E-state index contributed by atoms with van der Waals surface area (Å²) in [5, 5.41) is 14.1. The molecule has 0 aliphatic heterocycles. The lowest BCUT2D eigenvalue weighted by molar-refractivity contribution is 0.193. The fourth-order valence-corrected chi connectivity index (χ4v) is 2.64. The largest absolute Gasteiger partial charge is 0.386 e. The summed E-state index contributed by atoms with van der Waals surface area (Å²) in [6, 6.07) is 10.1. The van der Waals surface area contributed by atoms with Gasteiger partial charge in [0, 0.05) is 23.9 Å². The zero-order valence-corrected chi connectivity index (χ0v) is 10.8. The van der Waals surface area contributed by atoms with Gasteiger partial charge in [-0.3, -0.25) is 4.68 Å². The van der Waals surface area contributed by atoms with Crippen molar-refractivity contribution in [3.8, 4) is 0 Å². The standard InChI is InChI=1S/C13H16N2OS/c1-10-4-3-5-11(8-10)17-9-13(16)12-6-7-14-15(12)2/h3-8,13,16H,9H2,1-2H3. The quantitative estimate of drug-likeness (QED) is 0.845. The van der Waals surface area contributed by atoms with Gasteiger partial charge in [0.25, 0.3) is 0 Å². The maximum absolute atomic E-state index is 10.0. The van der Waals surface area contributed by atoms with Crippen LogP contribution >= 0.6 is 11.8 Å². The van der Waals surface area contributed by atoms with Crippen LogP contribution in [0.1, 0.15) is 17.4 Å². The van der Waals surface area contributed by atoms with Gasteiger partial charge in [-0.05, 0) is 25.1 Å². The van der Waals surface area contributed by atoms with Gasteiger partial charge in [0.05, 0.1) is 5.69 Å². The predicted molar refractivity (Wildman–Crippen MR) is 70.1 cm³/mol. The second-order valence-electron chi connectivity index (χ2n) is 4.02. The number of hydrogen-bond acceptors (Lipinski definition) is 3. The molecule has 3 nitrogen and oxygen atoms in total. The topological polar surface area (TPSA) is 38.1 Å². The first-order valence-electron chi connectivity index (χ1n) is 5.52. The molecule has 0 radical (unpaired) electrons. The van der Waals surface area contributed by atoms with Crippen molar-refractivity contribution in [1.29, 1.82) is 0 Å². The Hall–Kier alpha value is -1.26. The van der Waals surface area contributed by atoms with Crippen molar-refractivity contribution >= 4 is 11.8 Å². The van der Waals surface area contributed by atoms with E-state index in [0.29, 0.717) is 5.75 Å². The Balaban J connectivity index is 1.97. The minimum atomic E-state index is -0.479. The summed E-state index contributed by atoms with van der Waals surface area (Å²) < 4.78 is 1.71. The van der Waals surface area contributed by atoms with Gasteiger partial charge in [-0.15, -0.1) is 11.8 Å². The first-order valence-corrected chi connectivity index (χ1v) is 6.51. The van der Waals surface area contributed by atoms with E-state index in [-0.39, 0.29) is 0 Å². The van der Waals surface area contributed by atoms with Crippen LogP contribution in [-0.2, 0) is 7.05 Å². The average Bonchev–Trinajstić information content (AvgIpc) is 2.72. The maximum atomic E-state index is 10.0. The molecule has 2 rings (SSSR count). The van der Waals surface area contributed by atoms with Crippen molar-refractivity contribution in [3.63, 3.8) is 0 Å². The maximum Gasteiger partial charge on any atom is 0.105 e. The van der Waals surface area contributed by atoms with Crippen LogP contribution in [-0.4, -0.2) is 20.6 Å². The third-order valence-electron chi connectivity index (χ3n) is 2.60. The van der Waals surface area contributed by atoms with E-state index in [1.807, 2.05) is 19.2 Å². The fraction of sp³-hybridized carbons (Fsp3) is 0.308. The van der Waals surface area contributed by atoms with Crippen LogP contribution in [0, 0.1) is 6.92 Å². The van der Waals surface area contributed by atoms with Crippen LogP contribution < -0.4 is 0 Å². The Kier molecular flexibility index (Phi) is 3.86. The SMILES string of the molecule is Cc1cccc(SCC(O)c2ccnn2C)c1. The molecule has 1 aromatic carbocycles. The highest BCUT2D eigenvalue weighted by molar-refractivity contribution is 7.99. The molecule has 0 saturated carbocycles. The molecule has 0 bridgehead atoms. The molecule has 2 aromatic rings. The van der Waals surface area contributed by atoms with Gasteiger partial charge in [-0.2, -0.15) is 5.10 Å². The van der Waals surface area contributed by atoms with Crippen molar-refractivity contribution in [2.24, 2.45) is 7.05 Å². The van der Waals surface area contributed by atoms with Crippen LogP contribution in [0.5, 0.6) is 0 Å². The van der Waals surface area contributed by atoms with E-state index in [9.17, 15) is 5.11 Å². The van der Waals surface area contributed by atoms with E-state index in [2.05, 4.69) is 30.2 Å². The average molecular weight is 248 g/mol. The Bertz CT molecular complexity index is 496. The van der Waals surface area contributed by atoms with Crippen LogP contribution in [0.15, 0.2) is 41.4 Å². The molecule has 0 spiro atoms. The number of hydrogen-bond donors (Lipinski definition) is 1. The molecule has 0 fully saturated rings. The Morgan fingerprint density at radius 2 is 2.24 bits per heavy atom. The minimum Gasteiger partial charge on any atom is -0.386 e. The molecule has 1 N–H and O–H groups in total. The van der Waals surface area contributed by atoms with Gasteiger partial charge >= 0.3 is 0 Å². The smallest absolute Gasteiger partial charge is 0.105 e. The molecule has 0 aliphatic rings. The molecule has 1 heterocycles. The lowest BCUT2D eigenvalue weighted by Crippen LogP contribution is -2.07. The third kappa shape index (κ3) is 3.11. The Labute approximate surface area is 105 Å². The van der Waals surface area contributed by atoms with Crippen LogP contribution in [0.25, 0.3) is 0 Å². The lowest BCUT2D eigenvalue weighted by atomic mass is 10.2. The van der Waals surface area contributed by atoms with Gasteiger partial charge < -0.3 is 5.11 Å². The Morgan fingerprint density at radius 3 is 2.88 bits per heavy atom. The molecule has 4 heteroatoms. The molecule has 1 atom stereocenters. The van der Waals surface area contributed by atoms with Crippen molar-refractivity contribution in [1.82, 2.24) is 9.78 Å². The normalized spacial score (nSPS) is 12.6. The summed E-state index contributed by atoms with van der Waals surface area (Å²) in [7, 11) is 1.84. The van der Waals surface area contributed by atoms with Gasteiger partial charge in [0.2, 0.25) is 0 Å². The number of thioether (sulfide) groups is 1. The van der Waals surface area contributed by atoms with Crippen molar-refractivity contribution < 1.29 is 5.11 Å². The second-order valence-corrected chi connectivity index (χ2v) is 5.12. The molecule has 90 valence electrons. The number of nitrogens with zero attached hydrogens (tertiary/aromatic N) is 2. The van der Waals surface area contributed by atoms with Crippen molar-refractivity contribution in [3.05, 3.63) is 47.8 Å². The summed E-state index contributed by atoms with van der Waals surface area (Å²) >= 11 is 1.66. The number of aromatic nitrogens is 2. The highest BCUT2D eigenvalue weighted by atomic mass is 32.2. The van der Waals surface area contributed by atoms with E-state index < -0.39 is 6.10 Å². The number of benzene rings is 1. The minimum absolute atomic E-state index is 0.479. The van der Waals surface area contributed by atoms with Gasteiger partial charge in [-0.1, -0.05) is 17.7 Å². The number of aliphatic hydroxyl groups is 1. The molecule has 0 aliphatic carbocycles. The molecule has 0 saturated heterocycles. The number of aliphatic hydroxyl groups excluding tert-OH is 1. The van der Waals surface area contributed by atoms with Crippen LogP contribution in [0.2, 0.25) is 0 Å². The third-order valence-corrected chi connectivity index (χ3v) is 3.67. The molecular formula is C13H16N2OS. The second kappa shape index (κ2) is 5.38. The fourth-order valence-electron chi connectivity index (χ4n) is 1.68. The summed E-state index contributed by atoms with van der Waals surface area (Å²) in [6.45, 7) is 2.07. The highest BCUT2D eigenvalue weighted by Gasteiger charge is 2.11. The van der Waals surface area contributed by atoms with E-state index in [0.717, 1.165) is 5.69 Å². The summed E-state index contributed by atoms with van der Waals surface area (Å²) in [5.74, 6) is 0.642. The zero-order valence-electron chi connectivity index (χ0n) is 10.00. The van der Waals surface area contributed by atoms with Crippen LogP contribution in [0.4, 0.5) is 0 Å². The molecule has 17 heavy (non-hydrogen) atoms. The van der Waals surface area contributed by atoms with E-state index in [1.165, 1.54) is 10.5 Å². The van der Waals surface area contributed by atoms with E-state index in [4.69, 9.17) is 0 Å². The highest BCUT2D eigenvalue weighted by Crippen LogP contribution is 2.24. The zero-order chi connectivity index (χ0) is 12.3. The lowest BCUT2D eigenvalue weighted by Gasteiger charge is -2.10. The predicted octanol–water partition coefficient (Wildman–Crippen LogP) is 2.55. The molecule has 1 aromatic heterocycles. The summed E-state index contributed by atoms with van der Waals surface area (Å²) in [6.07, 6.45) is 1.23. The molecule has 1 unspecified atom stereocenters. The van der Waals surface area contributed by atoms with Crippen LogP contribution in [0.3, 0.4) is 0 Å². The van der Waals surface area contributed by atoms with Crippen molar-refractivity contribution in [2.45, 2.75) is 17.9 Å². The monoisotopic (exact) mass is 248 g/mol. The summed E-state index contributed by atoms with van der Waals surface area (Å²) in [4.78, 5) is 1.19. The number of rotatable bonds is 4.